The summed E-state index contributed by atoms with van der Waals surface area (Å²) in [5, 5.41) is 8.31. The van der Waals surface area contributed by atoms with E-state index in [-0.39, 0.29) is 11.6 Å². The molecular weight excluding hydrogens is 414 g/mol. The van der Waals surface area contributed by atoms with E-state index in [1.54, 1.807) is 25.4 Å². The smallest absolute Gasteiger partial charge is 0.276 e. The van der Waals surface area contributed by atoms with Gasteiger partial charge in [0, 0.05) is 19.8 Å². The SMILES string of the molecule is CC.CN(C)C(CNc1nn(C)c(=O)c2cccnc12)c1ccc(Oc2ccccc2)cc1. The van der Waals surface area contributed by atoms with Crippen LogP contribution in [0.15, 0.2) is 77.7 Å². The Morgan fingerprint density at radius 2 is 1.64 bits per heavy atom. The number of aryl methyl sites for hydroxylation is 1. The average Bonchev–Trinajstić information content (AvgIpc) is 2.85. The molecular formula is C26H31N5O2. The molecule has 0 bridgehead atoms. The molecule has 33 heavy (non-hydrogen) atoms. The number of nitrogens with one attached hydrogen (secondary N) is 1. The second-order valence-electron chi connectivity index (χ2n) is 7.52. The Morgan fingerprint density at radius 3 is 2.30 bits per heavy atom. The fourth-order valence-corrected chi connectivity index (χ4v) is 3.48. The minimum absolute atomic E-state index is 0.0866. The van der Waals surface area contributed by atoms with E-state index >= 15 is 0 Å². The average molecular weight is 446 g/mol. The van der Waals surface area contributed by atoms with E-state index in [2.05, 4.69) is 32.4 Å². The first-order chi connectivity index (χ1) is 16.0. The maximum Gasteiger partial charge on any atom is 0.276 e. The van der Waals surface area contributed by atoms with Crippen LogP contribution in [0.25, 0.3) is 10.9 Å². The number of benzene rings is 2. The van der Waals surface area contributed by atoms with Gasteiger partial charge < -0.3 is 15.0 Å². The summed E-state index contributed by atoms with van der Waals surface area (Å²) in [6.45, 7) is 4.60. The van der Waals surface area contributed by atoms with Gasteiger partial charge in [-0.1, -0.05) is 44.2 Å². The standard InChI is InChI=1S/C24H25N5O2.C2H6/c1-28(2)21(17-11-13-19(14-12-17)31-18-8-5-4-6-9-18)16-26-23-22-20(10-7-15-25-22)24(30)29(3)27-23;1-2/h4-15,21H,16H2,1-3H3,(H,26,27);1-2H3. The van der Waals surface area contributed by atoms with Crippen LogP contribution in [0.4, 0.5) is 5.82 Å². The minimum Gasteiger partial charge on any atom is -0.457 e. The molecule has 1 unspecified atom stereocenters. The number of anilines is 1. The van der Waals surface area contributed by atoms with Gasteiger partial charge in [0.25, 0.3) is 5.56 Å². The highest BCUT2D eigenvalue weighted by Gasteiger charge is 2.16. The van der Waals surface area contributed by atoms with Crippen LogP contribution in [0.1, 0.15) is 25.5 Å². The van der Waals surface area contributed by atoms with Crippen LogP contribution < -0.4 is 15.6 Å². The van der Waals surface area contributed by atoms with Crippen molar-refractivity contribution in [3.8, 4) is 11.5 Å². The third kappa shape index (κ3) is 5.75. The molecule has 0 spiro atoms. The van der Waals surface area contributed by atoms with Crippen molar-refractivity contribution in [3.05, 3.63) is 88.8 Å². The Balaban J connectivity index is 0.00000149. The number of nitrogens with zero attached hydrogens (tertiary/aromatic N) is 4. The first-order valence-corrected chi connectivity index (χ1v) is 11.1. The lowest BCUT2D eigenvalue weighted by atomic mass is 10.1. The molecule has 172 valence electrons. The summed E-state index contributed by atoms with van der Waals surface area (Å²) in [5.41, 5.74) is 1.56. The lowest BCUT2D eigenvalue weighted by Gasteiger charge is -2.25. The van der Waals surface area contributed by atoms with E-state index in [0.717, 1.165) is 17.1 Å². The number of rotatable bonds is 7. The van der Waals surface area contributed by atoms with E-state index in [9.17, 15) is 4.79 Å². The van der Waals surface area contributed by atoms with Crippen molar-refractivity contribution in [3.63, 3.8) is 0 Å². The quantitative estimate of drug-likeness (QED) is 0.438. The molecule has 0 amide bonds. The minimum atomic E-state index is -0.160. The monoisotopic (exact) mass is 445 g/mol. The highest BCUT2D eigenvalue weighted by molar-refractivity contribution is 5.86. The van der Waals surface area contributed by atoms with Crippen LogP contribution in [0, 0.1) is 0 Å². The van der Waals surface area contributed by atoms with Gasteiger partial charge in [0.15, 0.2) is 5.82 Å². The van der Waals surface area contributed by atoms with Crippen molar-refractivity contribution in [2.24, 2.45) is 7.05 Å². The predicted molar refractivity (Wildman–Crippen MR) is 134 cm³/mol. The molecule has 0 aliphatic rings. The van der Waals surface area contributed by atoms with Crippen molar-refractivity contribution < 1.29 is 4.74 Å². The number of aromatic nitrogens is 3. The topological polar surface area (TPSA) is 72.3 Å². The van der Waals surface area contributed by atoms with E-state index < -0.39 is 0 Å². The van der Waals surface area contributed by atoms with Crippen molar-refractivity contribution >= 4 is 16.7 Å². The lowest BCUT2D eigenvalue weighted by molar-refractivity contribution is 0.311. The molecule has 0 aliphatic heterocycles. The van der Waals surface area contributed by atoms with Gasteiger partial charge >= 0.3 is 0 Å². The van der Waals surface area contributed by atoms with E-state index in [4.69, 9.17) is 4.74 Å². The Bertz CT molecular complexity index is 1220. The summed E-state index contributed by atoms with van der Waals surface area (Å²) < 4.78 is 7.24. The summed E-state index contributed by atoms with van der Waals surface area (Å²) in [6, 6.07) is 21.4. The molecule has 2 aromatic heterocycles. The highest BCUT2D eigenvalue weighted by atomic mass is 16.5. The van der Waals surface area contributed by atoms with Gasteiger partial charge in [-0.15, -0.1) is 0 Å². The third-order valence-corrected chi connectivity index (χ3v) is 5.14. The molecule has 0 radical (unpaired) electrons. The highest BCUT2D eigenvalue weighted by Crippen LogP contribution is 2.26. The van der Waals surface area contributed by atoms with E-state index in [0.29, 0.717) is 23.3 Å². The first kappa shape index (κ1) is 23.9. The third-order valence-electron chi connectivity index (χ3n) is 5.14. The van der Waals surface area contributed by atoms with Crippen LogP contribution in [0.2, 0.25) is 0 Å². The number of hydrogen-bond donors (Lipinski definition) is 1. The fraction of sp³-hybridized carbons (Fsp3) is 0.269. The van der Waals surface area contributed by atoms with Crippen LogP contribution in [0.3, 0.4) is 0 Å². The maximum atomic E-state index is 12.3. The zero-order valence-electron chi connectivity index (χ0n) is 19.8. The normalized spacial score (nSPS) is 11.6. The summed E-state index contributed by atoms with van der Waals surface area (Å²) in [5.74, 6) is 2.19. The Hall–Kier alpha value is -3.71. The Morgan fingerprint density at radius 1 is 0.970 bits per heavy atom. The summed E-state index contributed by atoms with van der Waals surface area (Å²) in [6.07, 6.45) is 1.67. The van der Waals surface area contributed by atoms with Crippen molar-refractivity contribution in [2.45, 2.75) is 19.9 Å². The number of ether oxygens (including phenoxy) is 1. The molecule has 4 rings (SSSR count). The number of fused-ring (bicyclic) bond motifs is 1. The molecule has 7 nitrogen and oxygen atoms in total. The van der Waals surface area contributed by atoms with Crippen molar-refractivity contribution in [1.82, 2.24) is 19.7 Å². The van der Waals surface area contributed by atoms with Crippen LogP contribution >= 0.6 is 0 Å². The number of likely N-dealkylation sites (N-methyl/N-ethyl adjacent to an activating group) is 1. The molecule has 0 aliphatic carbocycles. The second kappa shape index (κ2) is 11.2. The molecule has 1 atom stereocenters. The predicted octanol–water partition coefficient (Wildman–Crippen LogP) is 4.86. The van der Waals surface area contributed by atoms with Crippen LogP contribution in [-0.4, -0.2) is 40.3 Å². The maximum absolute atomic E-state index is 12.3. The van der Waals surface area contributed by atoms with Gasteiger partial charge in [-0.2, -0.15) is 5.10 Å². The van der Waals surface area contributed by atoms with Gasteiger partial charge in [-0.25, -0.2) is 4.68 Å². The van der Waals surface area contributed by atoms with Gasteiger partial charge in [0.2, 0.25) is 0 Å². The van der Waals surface area contributed by atoms with Gasteiger partial charge in [0.05, 0.1) is 11.4 Å². The molecule has 0 saturated heterocycles. The second-order valence-corrected chi connectivity index (χ2v) is 7.52. The van der Waals surface area contributed by atoms with Crippen molar-refractivity contribution in [1.29, 1.82) is 0 Å². The molecule has 7 heteroatoms. The summed E-state index contributed by atoms with van der Waals surface area (Å²) in [4.78, 5) is 18.8. The molecule has 0 fully saturated rings. The van der Waals surface area contributed by atoms with Gasteiger partial charge in [-0.05, 0) is 56.1 Å². The first-order valence-electron chi connectivity index (χ1n) is 11.1. The number of para-hydroxylation sites is 1. The summed E-state index contributed by atoms with van der Waals surface area (Å²) in [7, 11) is 5.71. The van der Waals surface area contributed by atoms with Gasteiger partial charge in [0.1, 0.15) is 17.0 Å². The number of pyridine rings is 1. The molecule has 2 aromatic carbocycles. The number of hydrogen-bond acceptors (Lipinski definition) is 6. The van der Waals surface area contributed by atoms with E-state index in [1.807, 2.05) is 70.4 Å². The Kier molecular flexibility index (Phi) is 8.16. The molecule has 2 heterocycles. The Labute approximate surface area is 194 Å². The zero-order valence-corrected chi connectivity index (χ0v) is 19.8. The van der Waals surface area contributed by atoms with Crippen molar-refractivity contribution in [2.75, 3.05) is 26.0 Å². The van der Waals surface area contributed by atoms with Gasteiger partial charge in [-0.3, -0.25) is 9.78 Å². The van der Waals surface area contributed by atoms with E-state index in [1.165, 1.54) is 4.68 Å². The fourth-order valence-electron chi connectivity index (χ4n) is 3.48. The van der Waals surface area contributed by atoms with Crippen LogP contribution in [-0.2, 0) is 7.05 Å². The van der Waals surface area contributed by atoms with Crippen LogP contribution in [0.5, 0.6) is 11.5 Å². The lowest BCUT2D eigenvalue weighted by Crippen LogP contribution is -2.28. The molecule has 4 aromatic rings. The largest absolute Gasteiger partial charge is 0.457 e. The molecule has 0 saturated carbocycles. The zero-order chi connectivity index (χ0) is 23.8. The molecule has 1 N–H and O–H groups in total. The summed E-state index contributed by atoms with van der Waals surface area (Å²) >= 11 is 0.